The number of nitro benzene ring substituents is 1. The molecule has 3 aromatic rings. The van der Waals surface area contributed by atoms with E-state index < -0.39 is 4.92 Å². The lowest BCUT2D eigenvalue weighted by atomic mass is 10.1. The van der Waals surface area contributed by atoms with Gasteiger partial charge in [0.05, 0.1) is 29.3 Å². The molecular formula is C20H16BrN3O5S. The van der Waals surface area contributed by atoms with Crippen LogP contribution >= 0.6 is 27.3 Å². The second kappa shape index (κ2) is 9.51. The summed E-state index contributed by atoms with van der Waals surface area (Å²) in [5.41, 5.74) is 1.87. The molecule has 0 radical (unpaired) electrons. The number of rotatable bonds is 7. The van der Waals surface area contributed by atoms with Crippen molar-refractivity contribution in [3.8, 4) is 22.8 Å². The van der Waals surface area contributed by atoms with Crippen LogP contribution in [0, 0.1) is 10.1 Å². The second-order valence-corrected chi connectivity index (χ2v) is 7.62. The highest BCUT2D eigenvalue weighted by atomic mass is 79.9. The standard InChI is InChI=1S/C20H16BrN3O5S/c1-28-17-9-12(8-15(21)19(17)29-2)6-7-18(25)23-20-22-16(11-30-20)13-4-3-5-14(10-13)24(26)27/h3-11H,1-2H3,(H,22,23,25)/b7-6+. The highest BCUT2D eigenvalue weighted by molar-refractivity contribution is 9.10. The number of non-ortho nitro benzene ring substituents is 1. The normalized spacial score (nSPS) is 10.8. The number of amides is 1. The fraction of sp³-hybridized carbons (Fsp3) is 0.100. The molecule has 0 spiro atoms. The highest BCUT2D eigenvalue weighted by Crippen LogP contribution is 2.36. The molecule has 8 nitrogen and oxygen atoms in total. The van der Waals surface area contributed by atoms with Crippen LogP contribution in [0.15, 0.2) is 52.3 Å². The molecule has 10 heteroatoms. The third-order valence-electron chi connectivity index (χ3n) is 3.97. The van der Waals surface area contributed by atoms with Gasteiger partial charge in [-0.1, -0.05) is 12.1 Å². The van der Waals surface area contributed by atoms with Gasteiger partial charge in [-0.25, -0.2) is 4.98 Å². The van der Waals surface area contributed by atoms with Gasteiger partial charge in [0.1, 0.15) is 0 Å². The van der Waals surface area contributed by atoms with Gasteiger partial charge >= 0.3 is 0 Å². The van der Waals surface area contributed by atoms with Gasteiger partial charge < -0.3 is 9.47 Å². The quantitative estimate of drug-likeness (QED) is 0.279. The van der Waals surface area contributed by atoms with Crippen LogP contribution in [-0.2, 0) is 4.79 Å². The molecule has 0 aliphatic heterocycles. The van der Waals surface area contributed by atoms with Crippen molar-refractivity contribution in [1.29, 1.82) is 0 Å². The van der Waals surface area contributed by atoms with E-state index in [1.165, 1.54) is 36.7 Å². The maximum absolute atomic E-state index is 12.2. The number of hydrogen-bond acceptors (Lipinski definition) is 7. The Bertz CT molecular complexity index is 1130. The summed E-state index contributed by atoms with van der Waals surface area (Å²) in [4.78, 5) is 27.0. The predicted octanol–water partition coefficient (Wildman–Crippen LogP) is 5.15. The third kappa shape index (κ3) is 5.02. The van der Waals surface area contributed by atoms with Crippen molar-refractivity contribution in [2.24, 2.45) is 0 Å². The van der Waals surface area contributed by atoms with Crippen LogP contribution in [0.4, 0.5) is 10.8 Å². The van der Waals surface area contributed by atoms with Gasteiger partial charge in [0.2, 0.25) is 5.91 Å². The first-order chi connectivity index (χ1) is 14.4. The fourth-order valence-electron chi connectivity index (χ4n) is 2.60. The van der Waals surface area contributed by atoms with Crippen molar-refractivity contribution in [1.82, 2.24) is 4.98 Å². The van der Waals surface area contributed by atoms with E-state index in [4.69, 9.17) is 9.47 Å². The fourth-order valence-corrected chi connectivity index (χ4v) is 3.94. The second-order valence-electron chi connectivity index (χ2n) is 5.91. The predicted molar refractivity (Wildman–Crippen MR) is 119 cm³/mol. The number of anilines is 1. The zero-order valence-electron chi connectivity index (χ0n) is 15.9. The summed E-state index contributed by atoms with van der Waals surface area (Å²) in [5.74, 6) is 0.741. The van der Waals surface area contributed by atoms with E-state index in [-0.39, 0.29) is 11.6 Å². The average molecular weight is 490 g/mol. The number of methoxy groups -OCH3 is 2. The molecule has 1 N–H and O–H groups in total. The van der Waals surface area contributed by atoms with Crippen molar-refractivity contribution in [2.45, 2.75) is 0 Å². The Morgan fingerprint density at radius 3 is 2.77 bits per heavy atom. The number of hydrogen-bond donors (Lipinski definition) is 1. The number of carbonyl (C=O) groups excluding carboxylic acids is 1. The smallest absolute Gasteiger partial charge is 0.270 e. The summed E-state index contributed by atoms with van der Waals surface area (Å²) >= 11 is 4.64. The molecule has 0 fully saturated rings. The topological polar surface area (TPSA) is 104 Å². The zero-order valence-corrected chi connectivity index (χ0v) is 18.3. The number of nitrogens with one attached hydrogen (secondary N) is 1. The van der Waals surface area contributed by atoms with Gasteiger partial charge in [0.25, 0.3) is 5.69 Å². The number of thiazole rings is 1. The first-order valence-corrected chi connectivity index (χ1v) is 10.2. The van der Waals surface area contributed by atoms with Gasteiger partial charge in [0.15, 0.2) is 16.6 Å². The molecule has 0 aliphatic carbocycles. The van der Waals surface area contributed by atoms with Crippen LogP contribution in [0.2, 0.25) is 0 Å². The number of aromatic nitrogens is 1. The van der Waals surface area contributed by atoms with E-state index >= 15 is 0 Å². The minimum Gasteiger partial charge on any atom is -0.493 e. The zero-order chi connectivity index (χ0) is 21.7. The molecule has 0 atom stereocenters. The van der Waals surface area contributed by atoms with Crippen molar-refractivity contribution >= 4 is 50.1 Å². The maximum atomic E-state index is 12.2. The number of halogens is 1. The lowest BCUT2D eigenvalue weighted by Crippen LogP contribution is -2.07. The van der Waals surface area contributed by atoms with Gasteiger partial charge in [-0.05, 0) is 39.7 Å². The van der Waals surface area contributed by atoms with Crippen molar-refractivity contribution in [3.63, 3.8) is 0 Å². The van der Waals surface area contributed by atoms with Crippen molar-refractivity contribution in [3.05, 3.63) is 68.0 Å². The molecule has 0 saturated carbocycles. The Kier molecular flexibility index (Phi) is 6.80. The number of carbonyl (C=O) groups is 1. The Labute approximate surface area is 184 Å². The van der Waals surface area contributed by atoms with Crippen LogP contribution in [0.1, 0.15) is 5.56 Å². The summed E-state index contributed by atoms with van der Waals surface area (Å²) in [7, 11) is 3.08. The molecule has 0 saturated heterocycles. The Morgan fingerprint density at radius 2 is 2.07 bits per heavy atom. The van der Waals surface area contributed by atoms with E-state index in [2.05, 4.69) is 26.2 Å². The molecule has 1 aromatic heterocycles. The first kappa shape index (κ1) is 21.5. The minimum atomic E-state index is -0.462. The number of nitrogens with zero attached hydrogens (tertiary/aromatic N) is 2. The van der Waals surface area contributed by atoms with Crippen LogP contribution in [0.3, 0.4) is 0 Å². The minimum absolute atomic E-state index is 0.0184. The summed E-state index contributed by atoms with van der Waals surface area (Å²) < 4.78 is 11.3. The number of benzene rings is 2. The highest BCUT2D eigenvalue weighted by Gasteiger charge is 2.12. The van der Waals surface area contributed by atoms with E-state index in [1.807, 2.05) is 0 Å². The summed E-state index contributed by atoms with van der Waals surface area (Å²) in [5, 5.41) is 15.7. The monoisotopic (exact) mass is 489 g/mol. The van der Waals surface area contributed by atoms with E-state index in [0.29, 0.717) is 32.4 Å². The van der Waals surface area contributed by atoms with Crippen molar-refractivity contribution in [2.75, 3.05) is 19.5 Å². The van der Waals surface area contributed by atoms with Crippen molar-refractivity contribution < 1.29 is 19.2 Å². The molecule has 1 amide bonds. The van der Waals surface area contributed by atoms with E-state index in [9.17, 15) is 14.9 Å². The summed E-state index contributed by atoms with van der Waals surface area (Å²) in [6.07, 6.45) is 3.01. The largest absolute Gasteiger partial charge is 0.493 e. The Hall–Kier alpha value is -3.24. The third-order valence-corrected chi connectivity index (χ3v) is 5.32. The van der Waals surface area contributed by atoms with E-state index in [1.54, 1.807) is 42.8 Å². The molecule has 30 heavy (non-hydrogen) atoms. The Morgan fingerprint density at radius 1 is 1.27 bits per heavy atom. The van der Waals surface area contributed by atoms with Gasteiger partial charge in [-0.2, -0.15) is 0 Å². The van der Waals surface area contributed by atoms with Crippen LogP contribution in [0.5, 0.6) is 11.5 Å². The number of nitro groups is 1. The number of ether oxygens (including phenoxy) is 2. The first-order valence-electron chi connectivity index (χ1n) is 8.52. The maximum Gasteiger partial charge on any atom is 0.270 e. The summed E-state index contributed by atoms with van der Waals surface area (Å²) in [6, 6.07) is 9.72. The van der Waals surface area contributed by atoms with Gasteiger partial charge in [0, 0.05) is 29.2 Å². The van der Waals surface area contributed by atoms with Gasteiger partial charge in [-0.3, -0.25) is 20.2 Å². The lowest BCUT2D eigenvalue weighted by molar-refractivity contribution is -0.384. The molecular weight excluding hydrogens is 474 g/mol. The molecule has 0 unspecified atom stereocenters. The Balaban J connectivity index is 1.71. The van der Waals surface area contributed by atoms with E-state index in [0.717, 1.165) is 5.56 Å². The molecule has 0 aliphatic rings. The van der Waals surface area contributed by atoms with Crippen LogP contribution in [0.25, 0.3) is 17.3 Å². The summed E-state index contributed by atoms with van der Waals surface area (Å²) in [6.45, 7) is 0. The molecule has 3 rings (SSSR count). The molecule has 1 heterocycles. The van der Waals surface area contributed by atoms with Crippen LogP contribution in [-0.4, -0.2) is 30.0 Å². The average Bonchev–Trinajstić information content (AvgIpc) is 3.20. The van der Waals surface area contributed by atoms with Gasteiger partial charge in [-0.15, -0.1) is 11.3 Å². The molecule has 154 valence electrons. The molecule has 2 aromatic carbocycles. The lowest BCUT2D eigenvalue weighted by Gasteiger charge is -2.10. The SMILES string of the molecule is COc1cc(/C=C/C(=O)Nc2nc(-c3cccc([N+](=O)[O-])c3)cs2)cc(Br)c1OC. The van der Waals surface area contributed by atoms with Crippen LogP contribution < -0.4 is 14.8 Å². The molecule has 0 bridgehead atoms.